The van der Waals surface area contributed by atoms with E-state index in [1.54, 1.807) is 24.3 Å². The molecule has 0 bridgehead atoms. The fourth-order valence-electron chi connectivity index (χ4n) is 3.08. The molecule has 2 aromatic carbocycles. The molecule has 0 radical (unpaired) electrons. The maximum atomic E-state index is 11.0. The molecule has 0 spiro atoms. The summed E-state index contributed by atoms with van der Waals surface area (Å²) < 4.78 is 10.5. The fraction of sp³-hybridized carbons (Fsp3) is 0.0435. The van der Waals surface area contributed by atoms with E-state index in [0.29, 0.717) is 17.3 Å². The molecule has 12 heteroatoms. The lowest BCUT2D eigenvalue weighted by molar-refractivity contribution is 0.0697. The quantitative estimate of drug-likeness (QED) is 0.190. The molecule has 5 aromatic rings. The molecule has 35 heavy (non-hydrogen) atoms. The van der Waals surface area contributed by atoms with Crippen molar-refractivity contribution in [1.29, 1.82) is 0 Å². The molecule has 0 saturated carbocycles. The lowest BCUT2D eigenvalue weighted by Crippen LogP contribution is -2.13. The van der Waals surface area contributed by atoms with Crippen LogP contribution in [0.4, 0.5) is 17.3 Å². The third-order valence-electron chi connectivity index (χ3n) is 4.90. The van der Waals surface area contributed by atoms with Crippen molar-refractivity contribution in [1.82, 2.24) is 20.3 Å². The first-order valence-corrected chi connectivity index (χ1v) is 10.4. The summed E-state index contributed by atoms with van der Waals surface area (Å²) in [5.74, 6) is 0.660. The number of nitrogens with one attached hydrogen (secondary N) is 3. The van der Waals surface area contributed by atoms with E-state index in [1.807, 2.05) is 31.2 Å². The number of hydrazine groups is 1. The van der Waals surface area contributed by atoms with Gasteiger partial charge in [0.1, 0.15) is 11.5 Å². The molecule has 0 atom stereocenters. The molecular weight excluding hydrogens is 452 g/mol. The third-order valence-corrected chi connectivity index (χ3v) is 4.90. The molecule has 0 amide bonds. The molecule has 0 aliphatic heterocycles. The van der Waals surface area contributed by atoms with Crippen LogP contribution in [0.15, 0.2) is 74.8 Å². The molecule has 4 N–H and O–H groups in total. The van der Waals surface area contributed by atoms with Gasteiger partial charge in [-0.1, -0.05) is 29.8 Å². The summed E-state index contributed by atoms with van der Waals surface area (Å²) >= 11 is 0. The summed E-state index contributed by atoms with van der Waals surface area (Å²) in [6, 6.07) is 17.7. The van der Waals surface area contributed by atoms with Gasteiger partial charge in [-0.15, -0.1) is 0 Å². The summed E-state index contributed by atoms with van der Waals surface area (Å²) in [5, 5.41) is 20.6. The molecule has 12 nitrogen and oxygen atoms in total. The highest BCUT2D eigenvalue weighted by Crippen LogP contribution is 2.23. The van der Waals surface area contributed by atoms with Crippen molar-refractivity contribution in [3.05, 3.63) is 77.6 Å². The number of nitrogens with zero attached hydrogens (tertiary/aromatic N) is 5. The number of benzene rings is 2. The maximum absolute atomic E-state index is 11.0. The first kappa shape index (κ1) is 21.6. The van der Waals surface area contributed by atoms with Crippen LogP contribution in [0.1, 0.15) is 21.7 Å². The Bertz CT molecular complexity index is 1510. The van der Waals surface area contributed by atoms with Gasteiger partial charge in [-0.05, 0) is 53.6 Å². The van der Waals surface area contributed by atoms with Crippen LogP contribution in [0, 0.1) is 6.92 Å². The molecule has 0 unspecified atom stereocenters. The van der Waals surface area contributed by atoms with Crippen molar-refractivity contribution in [2.24, 2.45) is 5.10 Å². The van der Waals surface area contributed by atoms with Gasteiger partial charge < -0.3 is 9.52 Å². The number of aryl methyl sites for hydroxylation is 1. The molecular formula is C23H18N8O4. The van der Waals surface area contributed by atoms with E-state index >= 15 is 0 Å². The van der Waals surface area contributed by atoms with E-state index in [9.17, 15) is 4.79 Å². The van der Waals surface area contributed by atoms with Gasteiger partial charge in [0.15, 0.2) is 11.6 Å². The molecule has 3 heterocycles. The van der Waals surface area contributed by atoms with Gasteiger partial charge in [0, 0.05) is 5.56 Å². The third kappa shape index (κ3) is 4.90. The number of hydrogen-bond donors (Lipinski definition) is 4. The Hall–Kier alpha value is -5.26. The second-order valence-electron chi connectivity index (χ2n) is 7.40. The van der Waals surface area contributed by atoms with Crippen molar-refractivity contribution >= 4 is 40.8 Å². The summed E-state index contributed by atoms with van der Waals surface area (Å²) in [7, 11) is 0. The zero-order chi connectivity index (χ0) is 24.2. The van der Waals surface area contributed by atoms with Gasteiger partial charge in [0.25, 0.3) is 0 Å². The van der Waals surface area contributed by atoms with E-state index in [0.717, 1.165) is 16.8 Å². The maximum Gasteiger partial charge on any atom is 0.335 e. The van der Waals surface area contributed by atoms with Crippen molar-refractivity contribution in [3.8, 4) is 11.3 Å². The average Bonchev–Trinajstić information content (AvgIpc) is 3.53. The number of carboxylic acid groups (broad SMARTS) is 1. The monoisotopic (exact) mass is 470 g/mol. The van der Waals surface area contributed by atoms with Gasteiger partial charge in [0.2, 0.25) is 11.3 Å². The minimum Gasteiger partial charge on any atom is -0.478 e. The molecule has 5 rings (SSSR count). The Morgan fingerprint density at radius 2 is 1.63 bits per heavy atom. The van der Waals surface area contributed by atoms with Crippen LogP contribution >= 0.6 is 0 Å². The molecule has 174 valence electrons. The van der Waals surface area contributed by atoms with Gasteiger partial charge in [-0.2, -0.15) is 15.1 Å². The van der Waals surface area contributed by atoms with Crippen LogP contribution in [-0.2, 0) is 0 Å². The highest BCUT2D eigenvalue weighted by atomic mass is 16.6. The van der Waals surface area contributed by atoms with Crippen molar-refractivity contribution < 1.29 is 18.9 Å². The van der Waals surface area contributed by atoms with Crippen LogP contribution in [0.2, 0.25) is 0 Å². The smallest absolute Gasteiger partial charge is 0.335 e. The number of carbonyl (C=O) groups is 1. The highest BCUT2D eigenvalue weighted by molar-refractivity contribution is 5.88. The van der Waals surface area contributed by atoms with Crippen molar-refractivity contribution in [2.45, 2.75) is 6.92 Å². The second-order valence-corrected chi connectivity index (χ2v) is 7.40. The summed E-state index contributed by atoms with van der Waals surface area (Å²) in [6.45, 7) is 2.01. The van der Waals surface area contributed by atoms with E-state index in [4.69, 9.17) is 14.2 Å². The predicted molar refractivity (Wildman–Crippen MR) is 128 cm³/mol. The minimum atomic E-state index is -0.986. The Kier molecular flexibility index (Phi) is 5.74. The van der Waals surface area contributed by atoms with Gasteiger partial charge in [0.05, 0.1) is 17.5 Å². The molecule has 0 aliphatic carbocycles. The summed E-state index contributed by atoms with van der Waals surface area (Å²) in [4.78, 5) is 19.7. The summed E-state index contributed by atoms with van der Waals surface area (Å²) in [5.41, 5.74) is 12.2. The fourth-order valence-corrected chi connectivity index (χ4v) is 3.08. The van der Waals surface area contributed by atoms with E-state index in [-0.39, 0.29) is 22.7 Å². The normalized spacial score (nSPS) is 11.1. The van der Waals surface area contributed by atoms with Gasteiger partial charge >= 0.3 is 5.97 Å². The number of hydrazone groups is 1. The standard InChI is InChI=1S/C23H18N8O4/c1-13-2-8-16(9-3-13)27-29-20-19(25-21-22(26-20)31-35-30-21)28-24-12-17-10-11-18(34-17)14-4-6-15(7-5-14)23(32)33/h2-12,27H,1H3,(H,32,33)(H,25,28,30)(H,26,29,31)/b24-12+. The Morgan fingerprint density at radius 1 is 0.914 bits per heavy atom. The van der Waals surface area contributed by atoms with Crippen LogP contribution in [-0.4, -0.2) is 37.6 Å². The Balaban J connectivity index is 1.31. The first-order chi connectivity index (χ1) is 17.0. The SMILES string of the molecule is Cc1ccc(NNc2nc3nonc3nc2N/N=C/c2ccc(-c3ccc(C(=O)O)cc3)o2)cc1. The first-order valence-electron chi connectivity index (χ1n) is 10.4. The molecule has 0 saturated heterocycles. The molecule has 3 aromatic heterocycles. The van der Waals surface area contributed by atoms with Gasteiger partial charge in [-0.25, -0.2) is 9.42 Å². The molecule has 0 aliphatic rings. The van der Waals surface area contributed by atoms with Crippen LogP contribution in [0.3, 0.4) is 0 Å². The predicted octanol–water partition coefficient (Wildman–Crippen LogP) is 4.16. The number of rotatable bonds is 8. The Morgan fingerprint density at radius 3 is 2.34 bits per heavy atom. The lowest BCUT2D eigenvalue weighted by atomic mass is 10.1. The number of fused-ring (bicyclic) bond motifs is 1. The zero-order valence-corrected chi connectivity index (χ0v) is 18.3. The number of hydrogen-bond acceptors (Lipinski definition) is 11. The summed E-state index contributed by atoms with van der Waals surface area (Å²) in [6.07, 6.45) is 1.47. The number of aromatic nitrogens is 4. The van der Waals surface area contributed by atoms with Crippen LogP contribution in [0.5, 0.6) is 0 Å². The van der Waals surface area contributed by atoms with Gasteiger partial charge in [-0.3, -0.25) is 16.3 Å². The van der Waals surface area contributed by atoms with Crippen molar-refractivity contribution in [3.63, 3.8) is 0 Å². The number of anilines is 3. The molecule has 0 fully saturated rings. The van der Waals surface area contributed by atoms with E-state index in [2.05, 4.69) is 41.7 Å². The number of aromatic carboxylic acids is 1. The minimum absolute atomic E-state index is 0.202. The van der Waals surface area contributed by atoms with E-state index < -0.39 is 5.97 Å². The highest BCUT2D eigenvalue weighted by Gasteiger charge is 2.12. The average molecular weight is 470 g/mol. The topological polar surface area (TPSA) is 164 Å². The second kappa shape index (κ2) is 9.31. The number of carboxylic acids is 1. The lowest BCUT2D eigenvalue weighted by Gasteiger charge is -2.11. The van der Waals surface area contributed by atoms with Crippen molar-refractivity contribution in [2.75, 3.05) is 16.3 Å². The van der Waals surface area contributed by atoms with Crippen LogP contribution < -0.4 is 16.3 Å². The van der Waals surface area contributed by atoms with E-state index in [1.165, 1.54) is 18.3 Å². The number of furan rings is 1. The zero-order valence-electron chi connectivity index (χ0n) is 18.3. The van der Waals surface area contributed by atoms with Crippen LogP contribution in [0.25, 0.3) is 22.6 Å². The largest absolute Gasteiger partial charge is 0.478 e. The Labute approximate surface area is 197 Å².